The summed E-state index contributed by atoms with van der Waals surface area (Å²) in [5.74, 6) is -1.01. The molecule has 0 spiro atoms. The summed E-state index contributed by atoms with van der Waals surface area (Å²) in [6.07, 6.45) is -0.806. The van der Waals surface area contributed by atoms with Gasteiger partial charge in [0.1, 0.15) is 5.41 Å². The number of nitrogens with zero attached hydrogens (tertiary/aromatic N) is 1. The fraction of sp³-hybridized carbons (Fsp3) is 0.429. The van der Waals surface area contributed by atoms with E-state index in [0.29, 0.717) is 6.61 Å². The zero-order chi connectivity index (χ0) is 14.6. The topological polar surface area (TPSA) is 87.1 Å². The zero-order valence-corrected chi connectivity index (χ0v) is 11.0. The van der Waals surface area contributed by atoms with Crippen LogP contribution in [0.15, 0.2) is 30.3 Å². The molecule has 1 saturated heterocycles. The van der Waals surface area contributed by atoms with Crippen LogP contribution in [0.2, 0.25) is 0 Å². The van der Waals surface area contributed by atoms with Crippen LogP contribution in [0.25, 0.3) is 0 Å². The van der Waals surface area contributed by atoms with Gasteiger partial charge in [0.05, 0.1) is 13.2 Å². The summed E-state index contributed by atoms with van der Waals surface area (Å²) in [6.45, 7) is 0.548. The Labute approximate surface area is 116 Å². The van der Waals surface area contributed by atoms with Gasteiger partial charge in [-0.15, -0.1) is 0 Å². The number of carboxylic acid groups (broad SMARTS) is 2. The summed E-state index contributed by atoms with van der Waals surface area (Å²) in [5, 5.41) is 18.3. The Balaban J connectivity index is 1.94. The zero-order valence-electron chi connectivity index (χ0n) is 11.0. The van der Waals surface area contributed by atoms with Crippen molar-refractivity contribution in [2.24, 2.45) is 5.41 Å². The first-order chi connectivity index (χ1) is 9.53. The molecule has 2 rings (SSSR count). The Morgan fingerprint density at radius 1 is 1.25 bits per heavy atom. The van der Waals surface area contributed by atoms with E-state index in [2.05, 4.69) is 0 Å². The van der Waals surface area contributed by atoms with Gasteiger partial charge in [0.15, 0.2) is 0 Å². The first-order valence-corrected chi connectivity index (χ1v) is 6.36. The third-order valence-corrected chi connectivity index (χ3v) is 3.57. The number of amides is 1. The molecule has 1 aliphatic heterocycles. The largest absolute Gasteiger partial charge is 0.481 e. The number of carboxylic acids is 1. The Morgan fingerprint density at radius 3 is 2.50 bits per heavy atom. The SMILES string of the molecule is O=C(O)N1CCC(COCc2ccccc2)(C(=O)O)C1. The molecule has 0 radical (unpaired) electrons. The fourth-order valence-electron chi connectivity index (χ4n) is 2.33. The van der Waals surface area contributed by atoms with Crippen molar-refractivity contribution in [3.63, 3.8) is 0 Å². The summed E-state index contributed by atoms with van der Waals surface area (Å²) in [4.78, 5) is 23.5. The van der Waals surface area contributed by atoms with Gasteiger partial charge in [-0.1, -0.05) is 30.3 Å². The lowest BCUT2D eigenvalue weighted by atomic mass is 9.88. The Hall–Kier alpha value is -2.08. The highest BCUT2D eigenvalue weighted by atomic mass is 16.5. The predicted molar refractivity (Wildman–Crippen MR) is 70.4 cm³/mol. The third-order valence-electron chi connectivity index (χ3n) is 3.57. The summed E-state index contributed by atoms with van der Waals surface area (Å²) < 4.78 is 5.50. The standard InChI is InChI=1S/C14H17NO5/c16-12(17)14(6-7-15(9-14)13(18)19)10-20-8-11-4-2-1-3-5-11/h1-5H,6-10H2,(H,16,17)(H,18,19). The van der Waals surface area contributed by atoms with Gasteiger partial charge < -0.3 is 19.8 Å². The molecule has 6 heteroatoms. The summed E-state index contributed by atoms with van der Waals surface area (Å²) in [5.41, 5.74) is -0.172. The molecule has 1 aromatic rings. The molecular weight excluding hydrogens is 262 g/mol. The van der Waals surface area contributed by atoms with Gasteiger partial charge in [-0.25, -0.2) is 4.79 Å². The van der Waals surface area contributed by atoms with E-state index in [1.54, 1.807) is 0 Å². The number of hydrogen-bond acceptors (Lipinski definition) is 3. The quantitative estimate of drug-likeness (QED) is 0.856. The van der Waals surface area contributed by atoms with Crippen LogP contribution in [-0.2, 0) is 16.1 Å². The average Bonchev–Trinajstić information content (AvgIpc) is 2.86. The maximum absolute atomic E-state index is 11.4. The van der Waals surface area contributed by atoms with Crippen LogP contribution >= 0.6 is 0 Å². The minimum atomic E-state index is -1.13. The molecule has 2 N–H and O–H groups in total. The second kappa shape index (κ2) is 5.92. The molecule has 0 bridgehead atoms. The van der Waals surface area contributed by atoms with E-state index in [1.807, 2.05) is 30.3 Å². The number of hydrogen-bond donors (Lipinski definition) is 2. The van der Waals surface area contributed by atoms with Gasteiger partial charge in [0, 0.05) is 13.1 Å². The van der Waals surface area contributed by atoms with Gasteiger partial charge in [-0.2, -0.15) is 0 Å². The van der Waals surface area contributed by atoms with Crippen molar-refractivity contribution in [2.45, 2.75) is 13.0 Å². The highest BCUT2D eigenvalue weighted by molar-refractivity contribution is 5.77. The third kappa shape index (κ3) is 3.08. The summed E-state index contributed by atoms with van der Waals surface area (Å²) in [6, 6.07) is 9.45. The Bertz CT molecular complexity index is 490. The molecule has 1 heterocycles. The first kappa shape index (κ1) is 14.3. The maximum atomic E-state index is 11.4. The molecule has 20 heavy (non-hydrogen) atoms. The molecule has 0 aliphatic carbocycles. The number of benzene rings is 1. The molecule has 1 aliphatic rings. The molecule has 0 saturated carbocycles. The van der Waals surface area contributed by atoms with E-state index >= 15 is 0 Å². The predicted octanol–water partition coefficient (Wildman–Crippen LogP) is 1.66. The van der Waals surface area contributed by atoms with Crippen LogP contribution in [0.3, 0.4) is 0 Å². The maximum Gasteiger partial charge on any atom is 0.407 e. The molecule has 1 amide bonds. The lowest BCUT2D eigenvalue weighted by molar-refractivity contribution is -0.152. The number of rotatable bonds is 5. The van der Waals surface area contributed by atoms with E-state index in [0.717, 1.165) is 10.5 Å². The molecule has 1 atom stereocenters. The van der Waals surface area contributed by atoms with Crippen LogP contribution in [0.5, 0.6) is 0 Å². The Morgan fingerprint density at radius 2 is 1.95 bits per heavy atom. The molecule has 1 fully saturated rings. The first-order valence-electron chi connectivity index (χ1n) is 6.36. The lowest BCUT2D eigenvalue weighted by Gasteiger charge is -2.23. The van der Waals surface area contributed by atoms with Gasteiger partial charge in [-0.3, -0.25) is 4.79 Å². The molecule has 1 aromatic carbocycles. The minimum absolute atomic E-state index is 0.0149. The van der Waals surface area contributed by atoms with Crippen LogP contribution < -0.4 is 0 Å². The second-order valence-corrected chi connectivity index (χ2v) is 5.02. The number of likely N-dealkylation sites (tertiary alicyclic amines) is 1. The second-order valence-electron chi connectivity index (χ2n) is 5.02. The van der Waals surface area contributed by atoms with Crippen molar-refractivity contribution in [1.29, 1.82) is 0 Å². The average molecular weight is 279 g/mol. The molecule has 6 nitrogen and oxygen atoms in total. The molecule has 0 aromatic heterocycles. The van der Waals surface area contributed by atoms with Crippen molar-refractivity contribution in [2.75, 3.05) is 19.7 Å². The molecular formula is C14H17NO5. The van der Waals surface area contributed by atoms with Crippen LogP contribution in [0, 0.1) is 5.41 Å². The van der Waals surface area contributed by atoms with Crippen molar-refractivity contribution in [1.82, 2.24) is 4.90 Å². The smallest absolute Gasteiger partial charge is 0.407 e. The van der Waals surface area contributed by atoms with E-state index < -0.39 is 17.5 Å². The summed E-state index contributed by atoms with van der Waals surface area (Å²) >= 11 is 0. The van der Waals surface area contributed by atoms with Gasteiger partial charge >= 0.3 is 12.1 Å². The van der Waals surface area contributed by atoms with Crippen molar-refractivity contribution >= 4 is 12.1 Å². The highest BCUT2D eigenvalue weighted by Gasteiger charge is 2.46. The number of aliphatic carboxylic acids is 1. The van der Waals surface area contributed by atoms with E-state index in [1.165, 1.54) is 0 Å². The lowest BCUT2D eigenvalue weighted by Crippen LogP contribution is -2.40. The van der Waals surface area contributed by atoms with Gasteiger partial charge in [-0.05, 0) is 12.0 Å². The van der Waals surface area contributed by atoms with Crippen molar-refractivity contribution < 1.29 is 24.5 Å². The van der Waals surface area contributed by atoms with Crippen LogP contribution in [0.1, 0.15) is 12.0 Å². The molecule has 108 valence electrons. The Kier molecular flexibility index (Phi) is 4.24. The summed E-state index contributed by atoms with van der Waals surface area (Å²) in [7, 11) is 0. The van der Waals surface area contributed by atoms with E-state index in [4.69, 9.17) is 9.84 Å². The van der Waals surface area contributed by atoms with Crippen molar-refractivity contribution in [3.05, 3.63) is 35.9 Å². The van der Waals surface area contributed by atoms with Gasteiger partial charge in [0.2, 0.25) is 0 Å². The van der Waals surface area contributed by atoms with E-state index in [-0.39, 0.29) is 26.1 Å². The highest BCUT2D eigenvalue weighted by Crippen LogP contribution is 2.31. The van der Waals surface area contributed by atoms with Crippen LogP contribution in [-0.4, -0.2) is 46.9 Å². The van der Waals surface area contributed by atoms with E-state index in [9.17, 15) is 14.7 Å². The number of ether oxygens (including phenoxy) is 1. The fourth-order valence-corrected chi connectivity index (χ4v) is 2.33. The molecule has 1 unspecified atom stereocenters. The van der Waals surface area contributed by atoms with Gasteiger partial charge in [0.25, 0.3) is 0 Å². The van der Waals surface area contributed by atoms with Crippen molar-refractivity contribution in [3.8, 4) is 0 Å². The number of carbonyl (C=O) groups is 2. The monoisotopic (exact) mass is 279 g/mol. The van der Waals surface area contributed by atoms with Crippen LogP contribution in [0.4, 0.5) is 4.79 Å². The minimum Gasteiger partial charge on any atom is -0.481 e. The normalized spacial score (nSPS) is 21.9.